The fourth-order valence-corrected chi connectivity index (χ4v) is 1.71. The van der Waals surface area contributed by atoms with Crippen molar-refractivity contribution in [2.75, 3.05) is 13.3 Å². The molecule has 0 unspecified atom stereocenters. The summed E-state index contributed by atoms with van der Waals surface area (Å²) in [5.41, 5.74) is 0.375. The van der Waals surface area contributed by atoms with Crippen LogP contribution in [0.15, 0.2) is 12.1 Å². The number of fused-ring (bicyclic) bond motifs is 1. The Morgan fingerprint density at radius 3 is 3.06 bits per heavy atom. The Labute approximate surface area is 103 Å². The van der Waals surface area contributed by atoms with Crippen LogP contribution in [-0.2, 0) is 0 Å². The minimum absolute atomic E-state index is 0.105. The molecule has 0 aromatic heterocycles. The summed E-state index contributed by atoms with van der Waals surface area (Å²) in [6.45, 7) is 1.88. The van der Waals surface area contributed by atoms with Gasteiger partial charge in [-0.15, -0.1) is 0 Å². The number of rotatable bonds is 3. The Balaban J connectivity index is 2.16. The molecule has 5 nitrogen and oxygen atoms in total. The van der Waals surface area contributed by atoms with E-state index in [-0.39, 0.29) is 19.2 Å². The molecule has 0 spiro atoms. The van der Waals surface area contributed by atoms with Gasteiger partial charge in [-0.25, -0.2) is 0 Å². The largest absolute Gasteiger partial charge is 0.454 e. The molecule has 0 aliphatic carbocycles. The van der Waals surface area contributed by atoms with Crippen LogP contribution in [0.2, 0.25) is 5.02 Å². The molecule has 1 aromatic rings. The Hall–Kier alpha value is -1.46. The summed E-state index contributed by atoms with van der Waals surface area (Å²) >= 11 is 5.95. The van der Waals surface area contributed by atoms with Crippen LogP contribution in [0.5, 0.6) is 11.5 Å². The predicted octanol–water partition coefficient (Wildman–Crippen LogP) is 1.18. The first-order valence-electron chi connectivity index (χ1n) is 5.13. The summed E-state index contributed by atoms with van der Waals surface area (Å²) in [5.74, 6) is 0.601. The molecule has 1 aromatic carbocycles. The van der Waals surface area contributed by atoms with Crippen molar-refractivity contribution in [2.24, 2.45) is 0 Å². The van der Waals surface area contributed by atoms with E-state index in [0.29, 0.717) is 22.1 Å². The number of halogens is 1. The molecule has 1 aliphatic heterocycles. The zero-order valence-corrected chi connectivity index (χ0v) is 9.95. The van der Waals surface area contributed by atoms with Crippen LogP contribution in [0, 0.1) is 0 Å². The highest BCUT2D eigenvalue weighted by Crippen LogP contribution is 2.39. The number of hydrogen-bond acceptors (Lipinski definition) is 4. The Kier molecular flexibility index (Phi) is 3.40. The van der Waals surface area contributed by atoms with Gasteiger partial charge in [-0.3, -0.25) is 4.79 Å². The first kappa shape index (κ1) is 12.0. The molecular weight excluding hydrogens is 246 g/mol. The summed E-state index contributed by atoms with van der Waals surface area (Å²) in [6.07, 6.45) is -0.594. The summed E-state index contributed by atoms with van der Waals surface area (Å²) in [7, 11) is 0. The number of amides is 1. The standard InChI is InChI=1S/C11H12ClNO4/c1-6(14)4-13-11(15)7-2-8(12)10-9(3-7)16-5-17-10/h2-3,6,14H,4-5H2,1H3,(H,13,15)/t6-/m1/s1. The molecule has 0 saturated carbocycles. The minimum atomic E-state index is -0.594. The Bertz CT molecular complexity index is 447. The highest BCUT2D eigenvalue weighted by atomic mass is 35.5. The maximum absolute atomic E-state index is 11.7. The molecule has 92 valence electrons. The number of aliphatic hydroxyl groups excluding tert-OH is 1. The van der Waals surface area contributed by atoms with Gasteiger partial charge in [-0.05, 0) is 19.1 Å². The molecule has 1 amide bonds. The molecule has 0 fully saturated rings. The van der Waals surface area contributed by atoms with E-state index in [9.17, 15) is 4.79 Å². The van der Waals surface area contributed by atoms with E-state index in [4.69, 9.17) is 26.2 Å². The average Bonchev–Trinajstić information content (AvgIpc) is 2.74. The second-order valence-electron chi connectivity index (χ2n) is 3.75. The van der Waals surface area contributed by atoms with Crippen molar-refractivity contribution in [1.29, 1.82) is 0 Å². The van der Waals surface area contributed by atoms with Crippen molar-refractivity contribution in [3.8, 4) is 11.5 Å². The molecule has 17 heavy (non-hydrogen) atoms. The SMILES string of the molecule is C[C@@H](O)CNC(=O)c1cc(Cl)c2c(c1)OCO2. The minimum Gasteiger partial charge on any atom is -0.454 e. The van der Waals surface area contributed by atoms with Gasteiger partial charge in [-0.2, -0.15) is 0 Å². The van der Waals surface area contributed by atoms with Gasteiger partial charge in [0.2, 0.25) is 6.79 Å². The van der Waals surface area contributed by atoms with Gasteiger partial charge < -0.3 is 19.9 Å². The molecule has 1 heterocycles. The van der Waals surface area contributed by atoms with Crippen molar-refractivity contribution in [1.82, 2.24) is 5.32 Å². The molecule has 0 saturated heterocycles. The Morgan fingerprint density at radius 1 is 1.59 bits per heavy atom. The zero-order chi connectivity index (χ0) is 12.4. The lowest BCUT2D eigenvalue weighted by Crippen LogP contribution is -2.30. The van der Waals surface area contributed by atoms with E-state index >= 15 is 0 Å². The second kappa shape index (κ2) is 4.81. The lowest BCUT2D eigenvalue weighted by Gasteiger charge is -2.08. The van der Waals surface area contributed by atoms with Gasteiger partial charge in [0.15, 0.2) is 11.5 Å². The molecule has 6 heteroatoms. The third-order valence-electron chi connectivity index (χ3n) is 2.25. The second-order valence-corrected chi connectivity index (χ2v) is 4.16. The molecule has 1 atom stereocenters. The van der Waals surface area contributed by atoms with E-state index < -0.39 is 6.10 Å². The highest BCUT2D eigenvalue weighted by Gasteiger charge is 2.20. The van der Waals surface area contributed by atoms with Crippen molar-refractivity contribution in [3.63, 3.8) is 0 Å². The molecule has 2 N–H and O–H groups in total. The van der Waals surface area contributed by atoms with Gasteiger partial charge in [0.25, 0.3) is 5.91 Å². The van der Waals surface area contributed by atoms with Crippen LogP contribution < -0.4 is 14.8 Å². The van der Waals surface area contributed by atoms with Crippen LogP contribution in [0.4, 0.5) is 0 Å². The maximum Gasteiger partial charge on any atom is 0.251 e. The quantitative estimate of drug-likeness (QED) is 0.853. The molecule has 0 radical (unpaired) electrons. The van der Waals surface area contributed by atoms with Crippen molar-refractivity contribution >= 4 is 17.5 Å². The number of aliphatic hydroxyl groups is 1. The monoisotopic (exact) mass is 257 g/mol. The number of hydrogen-bond donors (Lipinski definition) is 2. The lowest BCUT2D eigenvalue weighted by molar-refractivity contribution is 0.0923. The van der Waals surface area contributed by atoms with Crippen LogP contribution in [0.3, 0.4) is 0 Å². The van der Waals surface area contributed by atoms with Crippen molar-refractivity contribution in [2.45, 2.75) is 13.0 Å². The highest BCUT2D eigenvalue weighted by molar-refractivity contribution is 6.32. The third-order valence-corrected chi connectivity index (χ3v) is 2.53. The van der Waals surface area contributed by atoms with Crippen molar-refractivity contribution < 1.29 is 19.4 Å². The summed E-state index contributed by atoms with van der Waals surface area (Å²) in [5, 5.41) is 12.0. The van der Waals surface area contributed by atoms with E-state index in [0.717, 1.165) is 0 Å². The first-order valence-corrected chi connectivity index (χ1v) is 5.51. The molecule has 1 aliphatic rings. The molecule has 2 rings (SSSR count). The maximum atomic E-state index is 11.7. The van der Waals surface area contributed by atoms with Gasteiger partial charge in [0, 0.05) is 12.1 Å². The number of carbonyl (C=O) groups excluding carboxylic acids is 1. The predicted molar refractivity (Wildman–Crippen MR) is 61.6 cm³/mol. The van der Waals surface area contributed by atoms with Gasteiger partial charge in [0.1, 0.15) is 0 Å². The first-order chi connectivity index (χ1) is 8.08. The topological polar surface area (TPSA) is 67.8 Å². The summed E-state index contributed by atoms with van der Waals surface area (Å²) in [6, 6.07) is 3.07. The normalized spacial score (nSPS) is 14.5. The molecule has 0 bridgehead atoms. The number of ether oxygens (including phenoxy) is 2. The summed E-state index contributed by atoms with van der Waals surface area (Å²) in [4.78, 5) is 11.7. The van der Waals surface area contributed by atoms with Gasteiger partial charge >= 0.3 is 0 Å². The lowest BCUT2D eigenvalue weighted by atomic mass is 10.2. The van der Waals surface area contributed by atoms with E-state index in [1.165, 1.54) is 6.07 Å². The van der Waals surface area contributed by atoms with E-state index in [1.54, 1.807) is 13.0 Å². The van der Waals surface area contributed by atoms with Gasteiger partial charge in [0.05, 0.1) is 11.1 Å². The number of nitrogens with one attached hydrogen (secondary N) is 1. The smallest absolute Gasteiger partial charge is 0.251 e. The summed E-state index contributed by atoms with van der Waals surface area (Å²) < 4.78 is 10.3. The van der Waals surface area contributed by atoms with Crippen LogP contribution in [-0.4, -0.2) is 30.5 Å². The molecular formula is C11H12ClNO4. The number of benzene rings is 1. The fourth-order valence-electron chi connectivity index (χ4n) is 1.44. The van der Waals surface area contributed by atoms with Crippen molar-refractivity contribution in [3.05, 3.63) is 22.7 Å². The van der Waals surface area contributed by atoms with Crippen LogP contribution in [0.25, 0.3) is 0 Å². The average molecular weight is 258 g/mol. The van der Waals surface area contributed by atoms with Crippen LogP contribution >= 0.6 is 11.6 Å². The van der Waals surface area contributed by atoms with Crippen LogP contribution in [0.1, 0.15) is 17.3 Å². The fraction of sp³-hybridized carbons (Fsp3) is 0.364. The zero-order valence-electron chi connectivity index (χ0n) is 9.20. The van der Waals surface area contributed by atoms with Gasteiger partial charge in [-0.1, -0.05) is 11.6 Å². The third kappa shape index (κ3) is 2.62. The number of carbonyl (C=O) groups is 1. The van der Waals surface area contributed by atoms with E-state index in [1.807, 2.05) is 0 Å². The van der Waals surface area contributed by atoms with E-state index in [2.05, 4.69) is 5.32 Å². The Morgan fingerprint density at radius 2 is 2.35 bits per heavy atom.